The predicted octanol–water partition coefficient (Wildman–Crippen LogP) is 3.25. The summed E-state index contributed by atoms with van der Waals surface area (Å²) in [5.74, 6) is 0.557. The molecule has 0 saturated heterocycles. The molecule has 0 aliphatic heterocycles. The molecule has 3 aromatic rings. The van der Waals surface area contributed by atoms with Crippen molar-refractivity contribution in [1.29, 1.82) is 0 Å². The minimum atomic E-state index is -0.975. The van der Waals surface area contributed by atoms with Gasteiger partial charge in [0.15, 0.2) is 5.58 Å². The summed E-state index contributed by atoms with van der Waals surface area (Å²) in [4.78, 5) is 14.8. The Hall–Kier alpha value is -2.82. The number of hydrogen-bond acceptors (Lipinski definition) is 4. The van der Waals surface area contributed by atoms with E-state index in [1.807, 2.05) is 30.3 Å². The molecule has 0 spiro atoms. The molecule has 0 atom stereocenters. The molecule has 1 N–H and O–H groups in total. The molecule has 0 amide bonds. The third kappa shape index (κ3) is 2.61. The maximum atomic E-state index is 10.6. The Morgan fingerprint density at radius 2 is 1.95 bits per heavy atom. The van der Waals surface area contributed by atoms with Gasteiger partial charge in [-0.15, -0.1) is 0 Å². The average Bonchev–Trinajstić information content (AvgIpc) is 2.80. The maximum Gasteiger partial charge on any atom is 0.312 e. The quantitative estimate of drug-likeness (QED) is 0.787. The van der Waals surface area contributed by atoms with Crippen molar-refractivity contribution in [2.24, 2.45) is 0 Å². The molecule has 1 heterocycles. The van der Waals surface area contributed by atoms with Gasteiger partial charge < -0.3 is 14.3 Å². The van der Waals surface area contributed by atoms with Gasteiger partial charge in [0.1, 0.15) is 23.4 Å². The summed E-state index contributed by atoms with van der Waals surface area (Å²) in [6, 6.07) is 14.6. The van der Waals surface area contributed by atoms with Crippen LogP contribution in [0.15, 0.2) is 52.9 Å². The maximum absolute atomic E-state index is 10.6. The minimum absolute atomic E-state index is 0.185. The highest BCUT2D eigenvalue weighted by atomic mass is 16.5. The van der Waals surface area contributed by atoms with Crippen LogP contribution in [-0.4, -0.2) is 16.1 Å². The highest BCUT2D eigenvalue weighted by Gasteiger charge is 2.10. The van der Waals surface area contributed by atoms with Crippen LogP contribution in [0, 0.1) is 0 Å². The normalized spacial score (nSPS) is 10.6. The Balaban J connectivity index is 1.88. The predicted molar refractivity (Wildman–Crippen MR) is 71.9 cm³/mol. The molecule has 0 unspecified atom stereocenters. The highest BCUT2D eigenvalue weighted by Crippen LogP contribution is 2.25. The van der Waals surface area contributed by atoms with Crippen molar-refractivity contribution in [3.63, 3.8) is 0 Å². The van der Waals surface area contributed by atoms with Gasteiger partial charge in [0.05, 0.1) is 0 Å². The van der Waals surface area contributed by atoms with Crippen LogP contribution in [0.25, 0.3) is 11.1 Å². The third-order valence-corrected chi connectivity index (χ3v) is 2.68. The lowest BCUT2D eigenvalue weighted by Gasteiger charge is -2.04. The molecule has 1 aromatic heterocycles. The Morgan fingerprint density at radius 3 is 2.70 bits per heavy atom. The minimum Gasteiger partial charge on any atom is -0.481 e. The molecule has 5 nitrogen and oxygen atoms in total. The number of ether oxygens (including phenoxy) is 1. The molecule has 100 valence electrons. The molecule has 5 heteroatoms. The van der Waals surface area contributed by atoms with E-state index >= 15 is 0 Å². The molecule has 0 aliphatic rings. The number of aromatic nitrogens is 1. The van der Waals surface area contributed by atoms with Crippen molar-refractivity contribution in [2.45, 2.75) is 6.42 Å². The largest absolute Gasteiger partial charge is 0.481 e. The monoisotopic (exact) mass is 269 g/mol. The molecular weight excluding hydrogens is 258 g/mol. The smallest absolute Gasteiger partial charge is 0.312 e. The van der Waals surface area contributed by atoms with E-state index in [9.17, 15) is 4.79 Å². The molecule has 0 aliphatic carbocycles. The van der Waals surface area contributed by atoms with Crippen LogP contribution in [0.1, 0.15) is 5.89 Å². The SMILES string of the molecule is O=C(O)Cc1nc2cc(Oc3ccccc3)ccc2o1. The van der Waals surface area contributed by atoms with Crippen molar-refractivity contribution >= 4 is 17.1 Å². The molecule has 0 bridgehead atoms. The van der Waals surface area contributed by atoms with E-state index in [1.54, 1.807) is 18.2 Å². The molecule has 0 saturated carbocycles. The summed E-state index contributed by atoms with van der Waals surface area (Å²) < 4.78 is 11.0. The van der Waals surface area contributed by atoms with Gasteiger partial charge in [0, 0.05) is 6.07 Å². The van der Waals surface area contributed by atoms with Gasteiger partial charge in [-0.05, 0) is 24.3 Å². The number of para-hydroxylation sites is 1. The third-order valence-electron chi connectivity index (χ3n) is 2.68. The topological polar surface area (TPSA) is 72.6 Å². The van der Waals surface area contributed by atoms with Gasteiger partial charge in [-0.1, -0.05) is 18.2 Å². The lowest BCUT2D eigenvalue weighted by Crippen LogP contribution is -1.99. The van der Waals surface area contributed by atoms with E-state index in [0.29, 0.717) is 16.8 Å². The Morgan fingerprint density at radius 1 is 1.15 bits per heavy atom. The first-order valence-corrected chi connectivity index (χ1v) is 6.05. The van der Waals surface area contributed by atoms with E-state index in [4.69, 9.17) is 14.3 Å². The summed E-state index contributed by atoms with van der Waals surface area (Å²) >= 11 is 0. The number of rotatable bonds is 4. The summed E-state index contributed by atoms with van der Waals surface area (Å²) in [6.07, 6.45) is -0.233. The van der Waals surface area contributed by atoms with Crippen molar-refractivity contribution in [3.8, 4) is 11.5 Å². The fraction of sp³-hybridized carbons (Fsp3) is 0.0667. The lowest BCUT2D eigenvalue weighted by atomic mass is 10.3. The molecular formula is C15H11NO4. The van der Waals surface area contributed by atoms with E-state index in [2.05, 4.69) is 4.98 Å². The van der Waals surface area contributed by atoms with Gasteiger partial charge in [-0.3, -0.25) is 4.79 Å². The van der Waals surface area contributed by atoms with Gasteiger partial charge in [-0.25, -0.2) is 4.98 Å². The lowest BCUT2D eigenvalue weighted by molar-refractivity contribution is -0.136. The van der Waals surface area contributed by atoms with E-state index in [1.165, 1.54) is 0 Å². The van der Waals surface area contributed by atoms with E-state index in [0.717, 1.165) is 5.75 Å². The number of aliphatic carboxylic acids is 1. The van der Waals surface area contributed by atoms with Crippen LogP contribution in [0.5, 0.6) is 11.5 Å². The van der Waals surface area contributed by atoms with Gasteiger partial charge in [0.25, 0.3) is 0 Å². The average molecular weight is 269 g/mol. The first-order chi connectivity index (χ1) is 9.70. The van der Waals surface area contributed by atoms with Gasteiger partial charge in [0.2, 0.25) is 5.89 Å². The first kappa shape index (κ1) is 12.2. The summed E-state index contributed by atoms with van der Waals surface area (Å²) in [6.45, 7) is 0. The zero-order chi connectivity index (χ0) is 13.9. The molecule has 2 aromatic carbocycles. The molecule has 0 radical (unpaired) electrons. The molecule has 3 rings (SSSR count). The fourth-order valence-electron chi connectivity index (χ4n) is 1.85. The fourth-order valence-corrected chi connectivity index (χ4v) is 1.85. The Labute approximate surface area is 114 Å². The van der Waals surface area contributed by atoms with E-state index in [-0.39, 0.29) is 12.3 Å². The van der Waals surface area contributed by atoms with Crippen molar-refractivity contribution < 1.29 is 19.1 Å². The number of nitrogens with zero attached hydrogens (tertiary/aromatic N) is 1. The number of carboxylic acid groups (broad SMARTS) is 1. The Bertz CT molecular complexity index is 749. The zero-order valence-electron chi connectivity index (χ0n) is 10.4. The number of carboxylic acids is 1. The van der Waals surface area contributed by atoms with Crippen LogP contribution in [-0.2, 0) is 11.2 Å². The van der Waals surface area contributed by atoms with Crippen LogP contribution in [0.2, 0.25) is 0 Å². The second kappa shape index (κ2) is 5.05. The van der Waals surface area contributed by atoms with Crippen molar-refractivity contribution in [2.75, 3.05) is 0 Å². The zero-order valence-corrected chi connectivity index (χ0v) is 10.4. The molecule has 0 fully saturated rings. The van der Waals surface area contributed by atoms with Crippen molar-refractivity contribution in [1.82, 2.24) is 4.98 Å². The standard InChI is InChI=1S/C15H11NO4/c17-15(18)9-14-16-12-8-11(6-7-13(12)20-14)19-10-4-2-1-3-5-10/h1-8H,9H2,(H,17,18). The second-order valence-corrected chi connectivity index (χ2v) is 4.22. The van der Waals surface area contributed by atoms with Crippen LogP contribution in [0.4, 0.5) is 0 Å². The second-order valence-electron chi connectivity index (χ2n) is 4.22. The number of fused-ring (bicyclic) bond motifs is 1. The molecule has 20 heavy (non-hydrogen) atoms. The number of carbonyl (C=O) groups is 1. The van der Waals surface area contributed by atoms with Gasteiger partial charge >= 0.3 is 5.97 Å². The van der Waals surface area contributed by atoms with Crippen LogP contribution < -0.4 is 4.74 Å². The van der Waals surface area contributed by atoms with E-state index < -0.39 is 5.97 Å². The number of oxazole rings is 1. The van der Waals surface area contributed by atoms with Crippen molar-refractivity contribution in [3.05, 3.63) is 54.4 Å². The first-order valence-electron chi connectivity index (χ1n) is 6.05. The highest BCUT2D eigenvalue weighted by molar-refractivity contribution is 5.76. The van der Waals surface area contributed by atoms with Crippen LogP contribution in [0.3, 0.4) is 0 Å². The summed E-state index contributed by atoms with van der Waals surface area (Å²) in [7, 11) is 0. The Kier molecular flexibility index (Phi) is 3.09. The number of benzene rings is 2. The van der Waals surface area contributed by atoms with Gasteiger partial charge in [-0.2, -0.15) is 0 Å². The summed E-state index contributed by atoms with van der Waals surface area (Å²) in [5.41, 5.74) is 1.12. The summed E-state index contributed by atoms with van der Waals surface area (Å²) in [5, 5.41) is 8.72. The van der Waals surface area contributed by atoms with Crippen LogP contribution >= 0.6 is 0 Å². The number of hydrogen-bond donors (Lipinski definition) is 1.